The number of sulfone groups is 1. The van der Waals surface area contributed by atoms with E-state index in [1.807, 2.05) is 18.2 Å². The van der Waals surface area contributed by atoms with Gasteiger partial charge in [-0.05, 0) is 55.9 Å². The first-order chi connectivity index (χ1) is 16.3. The lowest BCUT2D eigenvalue weighted by Crippen LogP contribution is -2.38. The molecule has 7 nitrogen and oxygen atoms in total. The smallest absolute Gasteiger partial charge is 0.228 e. The van der Waals surface area contributed by atoms with Gasteiger partial charge in [-0.2, -0.15) is 0 Å². The van der Waals surface area contributed by atoms with E-state index < -0.39 is 15.7 Å². The first-order valence-corrected chi connectivity index (χ1v) is 13.7. The molecule has 0 saturated carbocycles. The number of nitrogens with zero attached hydrogens (tertiary/aromatic N) is 3. The van der Waals surface area contributed by atoms with Crippen LogP contribution in [0.4, 0.5) is 9.52 Å². The fourth-order valence-corrected chi connectivity index (χ4v) is 5.95. The largest absolute Gasteiger partial charge is 0.494 e. The van der Waals surface area contributed by atoms with Gasteiger partial charge < -0.3 is 9.64 Å². The number of anilines is 1. The molecule has 0 bridgehead atoms. The zero-order valence-corrected chi connectivity index (χ0v) is 21.3. The van der Waals surface area contributed by atoms with Crippen molar-refractivity contribution >= 4 is 42.4 Å². The summed E-state index contributed by atoms with van der Waals surface area (Å²) in [6.45, 7) is 6.99. The first kappa shape index (κ1) is 26.1. The van der Waals surface area contributed by atoms with Gasteiger partial charge in [0.1, 0.15) is 17.1 Å². The lowest BCUT2D eigenvalue weighted by Gasteiger charge is -2.24. The number of benzene rings is 2. The number of carbonyl (C=O) groups is 1. The minimum atomic E-state index is -3.60. The molecule has 0 atom stereocenters. The standard InChI is InChI=1S/C24H30FN3O4S2/c1-4-27(5-2)15-16-28(24-26-23-20(32-3)8-6-9-21(23)33-24)22(29)10-7-17-34(30,31)19-13-11-18(25)12-14-19/h6,8-9,11-14H,4-5,7,10,15-17H2,1-3H3. The second-order valence-corrected chi connectivity index (χ2v) is 10.9. The molecule has 1 amide bonds. The average molecular weight is 508 g/mol. The van der Waals surface area contributed by atoms with Crippen molar-refractivity contribution in [1.82, 2.24) is 9.88 Å². The minimum Gasteiger partial charge on any atom is -0.494 e. The third-order valence-electron chi connectivity index (χ3n) is 5.63. The Balaban J connectivity index is 1.76. The van der Waals surface area contributed by atoms with Gasteiger partial charge in [0, 0.05) is 19.5 Å². The van der Waals surface area contributed by atoms with E-state index in [1.165, 1.54) is 23.5 Å². The normalized spacial score (nSPS) is 11.8. The highest BCUT2D eigenvalue weighted by atomic mass is 32.2. The van der Waals surface area contributed by atoms with Gasteiger partial charge in [0.25, 0.3) is 0 Å². The van der Waals surface area contributed by atoms with Crippen LogP contribution in [0.5, 0.6) is 5.75 Å². The van der Waals surface area contributed by atoms with E-state index in [9.17, 15) is 17.6 Å². The number of hydrogen-bond acceptors (Lipinski definition) is 7. The molecule has 0 aliphatic carbocycles. The van der Waals surface area contributed by atoms with Gasteiger partial charge in [-0.3, -0.25) is 9.69 Å². The molecule has 0 N–H and O–H groups in total. The minimum absolute atomic E-state index is 0.0537. The molecule has 0 aliphatic rings. The molecule has 0 spiro atoms. The average Bonchev–Trinajstić information content (AvgIpc) is 3.26. The van der Waals surface area contributed by atoms with E-state index in [1.54, 1.807) is 12.0 Å². The van der Waals surface area contributed by atoms with Crippen LogP contribution in [-0.4, -0.2) is 63.3 Å². The summed E-state index contributed by atoms with van der Waals surface area (Å²) in [4.78, 5) is 21.8. The first-order valence-electron chi connectivity index (χ1n) is 11.2. The molecular formula is C24H30FN3O4S2. The van der Waals surface area contributed by atoms with Crippen molar-refractivity contribution in [3.63, 3.8) is 0 Å². The zero-order valence-electron chi connectivity index (χ0n) is 19.7. The maximum absolute atomic E-state index is 13.2. The fraction of sp³-hybridized carbons (Fsp3) is 0.417. The maximum Gasteiger partial charge on any atom is 0.228 e. The van der Waals surface area contributed by atoms with Crippen LogP contribution < -0.4 is 9.64 Å². The second-order valence-electron chi connectivity index (χ2n) is 7.75. The Morgan fingerprint density at radius 3 is 2.44 bits per heavy atom. The number of amides is 1. The zero-order chi connectivity index (χ0) is 24.7. The predicted molar refractivity (Wildman–Crippen MR) is 134 cm³/mol. The molecule has 2 aromatic carbocycles. The van der Waals surface area contributed by atoms with Gasteiger partial charge in [0.15, 0.2) is 15.0 Å². The SMILES string of the molecule is CCN(CC)CCN(C(=O)CCCS(=O)(=O)c1ccc(F)cc1)c1nc2c(OC)cccc2s1. The topological polar surface area (TPSA) is 79.8 Å². The number of rotatable bonds is 12. The number of aromatic nitrogens is 1. The molecule has 0 aliphatic heterocycles. The van der Waals surface area contributed by atoms with Crippen molar-refractivity contribution in [2.24, 2.45) is 0 Å². The summed E-state index contributed by atoms with van der Waals surface area (Å²) in [6, 6.07) is 10.4. The number of para-hydroxylation sites is 1. The molecule has 184 valence electrons. The van der Waals surface area contributed by atoms with Crippen LogP contribution in [0.3, 0.4) is 0 Å². The summed E-state index contributed by atoms with van der Waals surface area (Å²) in [5.74, 6) is -0.228. The highest BCUT2D eigenvalue weighted by Crippen LogP contribution is 2.34. The van der Waals surface area contributed by atoms with Crippen LogP contribution in [0.25, 0.3) is 10.2 Å². The third kappa shape index (κ3) is 6.31. The van der Waals surface area contributed by atoms with Gasteiger partial charge in [-0.25, -0.2) is 17.8 Å². The van der Waals surface area contributed by atoms with Crippen molar-refractivity contribution in [3.8, 4) is 5.75 Å². The Labute approximate surface area is 204 Å². The Morgan fingerprint density at radius 2 is 1.79 bits per heavy atom. The molecule has 3 rings (SSSR count). The Kier molecular flexibility index (Phi) is 8.98. The molecular weight excluding hydrogens is 477 g/mol. The number of thiazole rings is 1. The Bertz CT molecular complexity index is 1210. The van der Waals surface area contributed by atoms with Gasteiger partial charge in [-0.15, -0.1) is 0 Å². The molecule has 1 aromatic heterocycles. The van der Waals surface area contributed by atoms with E-state index in [4.69, 9.17) is 4.74 Å². The van der Waals surface area contributed by atoms with E-state index in [0.717, 1.165) is 29.9 Å². The predicted octanol–water partition coefficient (Wildman–Crippen LogP) is 4.37. The number of likely N-dealkylation sites (N-methyl/N-ethyl adjacent to an activating group) is 1. The Hall–Kier alpha value is -2.56. The van der Waals surface area contributed by atoms with Crippen LogP contribution in [0.1, 0.15) is 26.7 Å². The second kappa shape index (κ2) is 11.7. The molecule has 0 radical (unpaired) electrons. The summed E-state index contributed by atoms with van der Waals surface area (Å²) in [5.41, 5.74) is 0.699. The number of methoxy groups -OCH3 is 1. The van der Waals surface area contributed by atoms with Crippen LogP contribution in [0.15, 0.2) is 47.4 Å². The number of ether oxygens (including phenoxy) is 1. The summed E-state index contributed by atoms with van der Waals surface area (Å²) in [5, 5.41) is 0.568. The summed E-state index contributed by atoms with van der Waals surface area (Å²) in [7, 11) is -2.02. The van der Waals surface area contributed by atoms with E-state index >= 15 is 0 Å². The number of hydrogen-bond donors (Lipinski definition) is 0. The van der Waals surface area contributed by atoms with Crippen molar-refractivity contribution in [3.05, 3.63) is 48.3 Å². The highest BCUT2D eigenvalue weighted by molar-refractivity contribution is 7.91. The van der Waals surface area contributed by atoms with Crippen molar-refractivity contribution in [2.45, 2.75) is 31.6 Å². The molecule has 10 heteroatoms. The molecule has 3 aromatic rings. The summed E-state index contributed by atoms with van der Waals surface area (Å²) >= 11 is 1.41. The van der Waals surface area contributed by atoms with Crippen LogP contribution in [-0.2, 0) is 14.6 Å². The van der Waals surface area contributed by atoms with E-state index in [-0.39, 0.29) is 29.4 Å². The number of carbonyl (C=O) groups excluding carboxylic acids is 1. The van der Waals surface area contributed by atoms with Crippen LogP contribution in [0, 0.1) is 5.82 Å². The molecule has 34 heavy (non-hydrogen) atoms. The highest BCUT2D eigenvalue weighted by Gasteiger charge is 2.22. The van der Waals surface area contributed by atoms with E-state index in [2.05, 4.69) is 23.7 Å². The van der Waals surface area contributed by atoms with Gasteiger partial charge in [0.05, 0.1) is 22.5 Å². The summed E-state index contributed by atoms with van der Waals surface area (Å²) in [6.07, 6.45) is 0.222. The van der Waals surface area contributed by atoms with Crippen molar-refractivity contribution in [1.29, 1.82) is 0 Å². The van der Waals surface area contributed by atoms with Crippen LogP contribution in [0.2, 0.25) is 0 Å². The van der Waals surface area contributed by atoms with Crippen LogP contribution >= 0.6 is 11.3 Å². The Morgan fingerprint density at radius 1 is 1.09 bits per heavy atom. The molecule has 1 heterocycles. The van der Waals surface area contributed by atoms with Crippen molar-refractivity contribution in [2.75, 3.05) is 43.9 Å². The molecule has 0 saturated heterocycles. The van der Waals surface area contributed by atoms with Gasteiger partial charge in [-0.1, -0.05) is 31.3 Å². The van der Waals surface area contributed by atoms with Gasteiger partial charge in [0.2, 0.25) is 5.91 Å². The van der Waals surface area contributed by atoms with Gasteiger partial charge >= 0.3 is 0 Å². The van der Waals surface area contributed by atoms with Crippen molar-refractivity contribution < 1.29 is 22.3 Å². The van der Waals surface area contributed by atoms with E-state index in [0.29, 0.717) is 29.5 Å². The molecule has 0 unspecified atom stereocenters. The third-order valence-corrected chi connectivity index (χ3v) is 8.49. The maximum atomic E-state index is 13.2. The lowest BCUT2D eigenvalue weighted by atomic mass is 10.3. The summed E-state index contributed by atoms with van der Waals surface area (Å²) < 4.78 is 44.6. The monoisotopic (exact) mass is 507 g/mol. The number of halogens is 1. The quantitative estimate of drug-likeness (QED) is 0.339. The fourth-order valence-electron chi connectivity index (χ4n) is 3.61. The molecule has 0 fully saturated rings. The number of fused-ring (bicyclic) bond motifs is 1. The lowest BCUT2D eigenvalue weighted by molar-refractivity contribution is -0.118.